The third-order valence-corrected chi connectivity index (χ3v) is 3.60. The molecule has 1 saturated heterocycles. The summed E-state index contributed by atoms with van der Waals surface area (Å²) in [6.07, 6.45) is 3.36. The Bertz CT molecular complexity index is 361. The van der Waals surface area contributed by atoms with Gasteiger partial charge in [-0.2, -0.15) is 0 Å². The second kappa shape index (κ2) is 5.61. The quantitative estimate of drug-likeness (QED) is 0.871. The fourth-order valence-electron chi connectivity index (χ4n) is 2.66. The molecule has 0 aliphatic carbocycles. The third-order valence-electron chi connectivity index (χ3n) is 3.60. The van der Waals surface area contributed by atoms with Gasteiger partial charge in [0.1, 0.15) is 5.82 Å². The number of halogens is 1. The highest BCUT2D eigenvalue weighted by Crippen LogP contribution is 2.28. The van der Waals surface area contributed by atoms with Crippen molar-refractivity contribution >= 4 is 0 Å². The van der Waals surface area contributed by atoms with E-state index in [0.717, 1.165) is 25.1 Å². The van der Waals surface area contributed by atoms with Crippen LogP contribution in [0.15, 0.2) is 24.3 Å². The monoisotopic (exact) mass is 236 g/mol. The molecule has 0 aromatic heterocycles. The zero-order valence-electron chi connectivity index (χ0n) is 10.4. The van der Waals surface area contributed by atoms with Gasteiger partial charge in [0.25, 0.3) is 0 Å². The Balaban J connectivity index is 2.25. The Hall–Kier alpha value is -0.930. The van der Waals surface area contributed by atoms with Crippen LogP contribution in [0.4, 0.5) is 4.39 Å². The summed E-state index contributed by atoms with van der Waals surface area (Å²) in [6, 6.07) is 7.12. The van der Waals surface area contributed by atoms with E-state index in [0.29, 0.717) is 0 Å². The highest BCUT2D eigenvalue weighted by molar-refractivity contribution is 5.22. The molecular weight excluding hydrogens is 215 g/mol. The molecule has 1 aliphatic rings. The molecule has 1 aromatic carbocycles. The van der Waals surface area contributed by atoms with Gasteiger partial charge >= 0.3 is 0 Å². The predicted octanol–water partition coefficient (Wildman–Crippen LogP) is 2.70. The smallest absolute Gasteiger partial charge is 0.123 e. The van der Waals surface area contributed by atoms with Gasteiger partial charge < -0.3 is 5.73 Å². The molecular formula is C14H21FN2. The van der Waals surface area contributed by atoms with Gasteiger partial charge in [-0.1, -0.05) is 19.1 Å². The number of hydrogen-bond acceptors (Lipinski definition) is 2. The van der Waals surface area contributed by atoms with Crippen LogP contribution in [0.25, 0.3) is 0 Å². The second-order valence-corrected chi connectivity index (χ2v) is 4.82. The van der Waals surface area contributed by atoms with Crippen LogP contribution in [-0.4, -0.2) is 24.0 Å². The van der Waals surface area contributed by atoms with Crippen LogP contribution in [0, 0.1) is 5.82 Å². The molecule has 2 unspecified atom stereocenters. The van der Waals surface area contributed by atoms with Crippen molar-refractivity contribution in [1.29, 1.82) is 0 Å². The van der Waals surface area contributed by atoms with E-state index < -0.39 is 0 Å². The Labute approximate surface area is 103 Å². The van der Waals surface area contributed by atoms with Gasteiger partial charge in [-0.3, -0.25) is 4.90 Å². The van der Waals surface area contributed by atoms with E-state index in [9.17, 15) is 4.39 Å². The van der Waals surface area contributed by atoms with Crippen LogP contribution in [0.3, 0.4) is 0 Å². The number of nitrogens with two attached hydrogens (primary N) is 1. The number of nitrogens with zero attached hydrogens (tertiary/aromatic N) is 1. The van der Waals surface area contributed by atoms with E-state index in [1.165, 1.54) is 18.9 Å². The topological polar surface area (TPSA) is 29.3 Å². The first-order chi connectivity index (χ1) is 8.22. The zero-order valence-corrected chi connectivity index (χ0v) is 10.4. The van der Waals surface area contributed by atoms with E-state index in [-0.39, 0.29) is 17.9 Å². The molecule has 2 nitrogen and oxygen atoms in total. The number of rotatable bonds is 4. The first-order valence-corrected chi connectivity index (χ1v) is 6.47. The molecule has 1 heterocycles. The number of likely N-dealkylation sites (tertiary alicyclic amines) is 1. The molecule has 94 valence electrons. The molecule has 0 bridgehead atoms. The fourth-order valence-corrected chi connectivity index (χ4v) is 2.66. The first kappa shape index (κ1) is 12.5. The summed E-state index contributed by atoms with van der Waals surface area (Å²) in [7, 11) is 0. The minimum Gasteiger partial charge on any atom is -0.326 e. The highest BCUT2D eigenvalue weighted by Gasteiger charge is 2.27. The first-order valence-electron chi connectivity index (χ1n) is 6.47. The molecule has 3 heteroatoms. The maximum absolute atomic E-state index is 13.3. The lowest BCUT2D eigenvalue weighted by Crippen LogP contribution is -2.39. The molecule has 0 radical (unpaired) electrons. The normalized spacial score (nSPS) is 20.4. The lowest BCUT2D eigenvalue weighted by molar-refractivity contribution is 0.209. The van der Waals surface area contributed by atoms with Crippen molar-refractivity contribution in [3.05, 3.63) is 35.6 Å². The summed E-state index contributed by atoms with van der Waals surface area (Å²) in [5.74, 6) is -0.171. The van der Waals surface area contributed by atoms with Crippen LogP contribution in [0.5, 0.6) is 0 Å². The van der Waals surface area contributed by atoms with Crippen LogP contribution < -0.4 is 5.73 Å². The van der Waals surface area contributed by atoms with Gasteiger partial charge in [-0.05, 0) is 50.0 Å². The van der Waals surface area contributed by atoms with Gasteiger partial charge in [0.05, 0.1) is 0 Å². The van der Waals surface area contributed by atoms with Gasteiger partial charge in [-0.25, -0.2) is 4.39 Å². The third kappa shape index (κ3) is 2.85. The van der Waals surface area contributed by atoms with E-state index in [2.05, 4.69) is 11.8 Å². The summed E-state index contributed by atoms with van der Waals surface area (Å²) < 4.78 is 13.3. The Morgan fingerprint density at radius 2 is 2.06 bits per heavy atom. The molecule has 1 aromatic rings. The van der Waals surface area contributed by atoms with Crippen LogP contribution in [-0.2, 0) is 0 Å². The molecule has 17 heavy (non-hydrogen) atoms. The van der Waals surface area contributed by atoms with Crippen molar-refractivity contribution in [2.24, 2.45) is 5.73 Å². The van der Waals surface area contributed by atoms with Crippen LogP contribution in [0.2, 0.25) is 0 Å². The molecule has 0 amide bonds. The number of hydrogen-bond donors (Lipinski definition) is 1. The lowest BCUT2D eigenvalue weighted by atomic mass is 9.96. The predicted molar refractivity (Wildman–Crippen MR) is 68.2 cm³/mol. The molecule has 2 atom stereocenters. The van der Waals surface area contributed by atoms with Crippen molar-refractivity contribution in [1.82, 2.24) is 4.90 Å². The summed E-state index contributed by atoms with van der Waals surface area (Å²) in [4.78, 5) is 2.39. The summed E-state index contributed by atoms with van der Waals surface area (Å²) in [5.41, 5.74) is 7.23. The molecule has 0 spiro atoms. The van der Waals surface area contributed by atoms with Crippen molar-refractivity contribution in [2.75, 3.05) is 13.1 Å². The molecule has 0 saturated carbocycles. The minimum atomic E-state index is -0.171. The van der Waals surface area contributed by atoms with Gasteiger partial charge in [0, 0.05) is 12.1 Å². The molecule has 1 fully saturated rings. The van der Waals surface area contributed by atoms with E-state index in [1.807, 2.05) is 6.07 Å². The number of benzene rings is 1. The SMILES string of the molecule is CCC(N)C(c1cccc(F)c1)N1CCCC1. The zero-order chi connectivity index (χ0) is 12.3. The van der Waals surface area contributed by atoms with Crippen molar-refractivity contribution in [2.45, 2.75) is 38.3 Å². The molecule has 2 N–H and O–H groups in total. The van der Waals surface area contributed by atoms with Gasteiger partial charge in [-0.15, -0.1) is 0 Å². The lowest BCUT2D eigenvalue weighted by Gasteiger charge is -2.32. The average Bonchev–Trinajstić information content (AvgIpc) is 2.83. The highest BCUT2D eigenvalue weighted by atomic mass is 19.1. The Morgan fingerprint density at radius 1 is 1.35 bits per heavy atom. The van der Waals surface area contributed by atoms with E-state index in [4.69, 9.17) is 5.73 Å². The fraction of sp³-hybridized carbons (Fsp3) is 0.571. The second-order valence-electron chi connectivity index (χ2n) is 4.82. The molecule has 2 rings (SSSR count). The standard InChI is InChI=1S/C14H21FN2/c1-2-13(16)14(17-8-3-4-9-17)11-6-5-7-12(15)10-11/h5-7,10,13-14H,2-4,8-9,16H2,1H3. The minimum absolute atomic E-state index is 0.0786. The Morgan fingerprint density at radius 3 is 2.65 bits per heavy atom. The summed E-state index contributed by atoms with van der Waals surface area (Å²) >= 11 is 0. The Kier molecular flexibility index (Phi) is 4.13. The summed E-state index contributed by atoms with van der Waals surface area (Å²) in [5, 5.41) is 0. The van der Waals surface area contributed by atoms with E-state index >= 15 is 0 Å². The van der Waals surface area contributed by atoms with Crippen LogP contribution in [0.1, 0.15) is 37.8 Å². The van der Waals surface area contributed by atoms with Gasteiger partial charge in [0.15, 0.2) is 0 Å². The maximum atomic E-state index is 13.3. The largest absolute Gasteiger partial charge is 0.326 e. The summed E-state index contributed by atoms with van der Waals surface area (Å²) in [6.45, 7) is 4.25. The molecule has 1 aliphatic heterocycles. The van der Waals surface area contributed by atoms with Crippen LogP contribution >= 0.6 is 0 Å². The van der Waals surface area contributed by atoms with Gasteiger partial charge in [0.2, 0.25) is 0 Å². The van der Waals surface area contributed by atoms with Crippen molar-refractivity contribution < 1.29 is 4.39 Å². The van der Waals surface area contributed by atoms with Crippen molar-refractivity contribution in [3.8, 4) is 0 Å². The van der Waals surface area contributed by atoms with E-state index in [1.54, 1.807) is 12.1 Å². The maximum Gasteiger partial charge on any atom is 0.123 e. The average molecular weight is 236 g/mol. The van der Waals surface area contributed by atoms with Crippen molar-refractivity contribution in [3.63, 3.8) is 0 Å².